The molecular formula is C14H27N3O. The SMILES string of the molecule is CCCN(CCC1CCCC1(N)C(N)=O)C1CC1. The van der Waals surface area contributed by atoms with Crippen molar-refractivity contribution >= 4 is 5.91 Å². The highest BCUT2D eigenvalue weighted by Gasteiger charge is 2.44. The summed E-state index contributed by atoms with van der Waals surface area (Å²) < 4.78 is 0. The van der Waals surface area contributed by atoms with Gasteiger partial charge in [-0.1, -0.05) is 13.3 Å². The zero-order chi connectivity index (χ0) is 13.2. The van der Waals surface area contributed by atoms with Gasteiger partial charge < -0.3 is 16.4 Å². The molecule has 18 heavy (non-hydrogen) atoms. The van der Waals surface area contributed by atoms with E-state index in [0.717, 1.165) is 38.3 Å². The third-order valence-electron chi connectivity index (χ3n) is 4.67. The van der Waals surface area contributed by atoms with E-state index in [2.05, 4.69) is 11.8 Å². The fraction of sp³-hybridized carbons (Fsp3) is 0.929. The van der Waals surface area contributed by atoms with Crippen molar-refractivity contribution in [3.63, 3.8) is 0 Å². The van der Waals surface area contributed by atoms with Crippen LogP contribution >= 0.6 is 0 Å². The minimum absolute atomic E-state index is 0.285. The first kappa shape index (κ1) is 13.8. The second kappa shape index (κ2) is 5.57. The Balaban J connectivity index is 1.86. The standard InChI is InChI=1S/C14H27N3O/c1-2-9-17(12-5-6-12)10-7-11-4-3-8-14(11,16)13(15)18/h11-12H,2-10,16H2,1H3,(H2,15,18). The van der Waals surface area contributed by atoms with Gasteiger partial charge in [0.15, 0.2) is 0 Å². The first-order chi connectivity index (χ1) is 8.58. The maximum Gasteiger partial charge on any atom is 0.237 e. The number of nitrogens with two attached hydrogens (primary N) is 2. The maximum atomic E-state index is 11.5. The average Bonchev–Trinajstić information content (AvgIpc) is 3.09. The fourth-order valence-electron chi connectivity index (χ4n) is 3.35. The Kier molecular flexibility index (Phi) is 4.28. The van der Waals surface area contributed by atoms with E-state index in [1.165, 1.54) is 25.8 Å². The molecule has 0 spiro atoms. The summed E-state index contributed by atoms with van der Waals surface area (Å²) in [6.07, 6.45) is 7.78. The molecule has 2 fully saturated rings. The third kappa shape index (κ3) is 2.86. The van der Waals surface area contributed by atoms with Crippen molar-refractivity contribution in [3.05, 3.63) is 0 Å². The Morgan fingerprint density at radius 1 is 1.33 bits per heavy atom. The number of carbonyl (C=O) groups excluding carboxylic acids is 1. The molecule has 2 aliphatic rings. The van der Waals surface area contributed by atoms with Gasteiger partial charge in [-0.2, -0.15) is 0 Å². The van der Waals surface area contributed by atoms with Crippen LogP contribution in [0.4, 0.5) is 0 Å². The van der Waals surface area contributed by atoms with Crippen molar-refractivity contribution in [1.82, 2.24) is 4.90 Å². The summed E-state index contributed by atoms with van der Waals surface area (Å²) in [4.78, 5) is 14.1. The molecule has 2 rings (SSSR count). The van der Waals surface area contributed by atoms with E-state index in [0.29, 0.717) is 0 Å². The molecule has 0 aromatic heterocycles. The molecule has 4 heteroatoms. The number of primary amides is 1. The zero-order valence-electron chi connectivity index (χ0n) is 11.5. The van der Waals surface area contributed by atoms with Crippen molar-refractivity contribution in [2.45, 2.75) is 63.5 Å². The minimum Gasteiger partial charge on any atom is -0.368 e. The summed E-state index contributed by atoms with van der Waals surface area (Å²) in [5.74, 6) is -0.0217. The highest BCUT2D eigenvalue weighted by atomic mass is 16.1. The molecule has 2 unspecified atom stereocenters. The number of amides is 1. The van der Waals surface area contributed by atoms with Gasteiger partial charge in [-0.3, -0.25) is 4.79 Å². The first-order valence-corrected chi connectivity index (χ1v) is 7.40. The first-order valence-electron chi connectivity index (χ1n) is 7.40. The summed E-state index contributed by atoms with van der Waals surface area (Å²) in [6.45, 7) is 4.47. The number of hydrogen-bond acceptors (Lipinski definition) is 3. The largest absolute Gasteiger partial charge is 0.368 e. The molecule has 0 aromatic carbocycles. The van der Waals surface area contributed by atoms with Gasteiger partial charge in [-0.05, 0) is 57.5 Å². The number of rotatable bonds is 7. The molecule has 104 valence electrons. The van der Waals surface area contributed by atoms with Crippen molar-refractivity contribution in [1.29, 1.82) is 0 Å². The van der Waals surface area contributed by atoms with Gasteiger partial charge >= 0.3 is 0 Å². The number of hydrogen-bond donors (Lipinski definition) is 2. The lowest BCUT2D eigenvalue weighted by Gasteiger charge is -2.30. The maximum absolute atomic E-state index is 11.5. The molecule has 0 aliphatic heterocycles. The number of nitrogens with zero attached hydrogens (tertiary/aromatic N) is 1. The van der Waals surface area contributed by atoms with Crippen LogP contribution in [-0.4, -0.2) is 35.5 Å². The van der Waals surface area contributed by atoms with Crippen molar-refractivity contribution < 1.29 is 4.79 Å². The van der Waals surface area contributed by atoms with Crippen LogP contribution in [0.25, 0.3) is 0 Å². The highest BCUT2D eigenvalue weighted by molar-refractivity contribution is 5.85. The predicted molar refractivity (Wildman–Crippen MR) is 73.0 cm³/mol. The van der Waals surface area contributed by atoms with Crippen LogP contribution in [0, 0.1) is 5.92 Å². The molecule has 0 aromatic rings. The smallest absolute Gasteiger partial charge is 0.237 e. The summed E-state index contributed by atoms with van der Waals surface area (Å²) in [6, 6.07) is 0.798. The van der Waals surface area contributed by atoms with E-state index in [4.69, 9.17) is 11.5 Å². The lowest BCUT2D eigenvalue weighted by molar-refractivity contribution is -0.124. The second-order valence-corrected chi connectivity index (χ2v) is 6.05. The molecule has 1 amide bonds. The van der Waals surface area contributed by atoms with Crippen molar-refractivity contribution in [2.75, 3.05) is 13.1 Å². The van der Waals surface area contributed by atoms with Crippen LogP contribution in [0.1, 0.15) is 51.9 Å². The molecule has 0 heterocycles. The normalized spacial score (nSPS) is 32.1. The van der Waals surface area contributed by atoms with Crippen LogP contribution in [-0.2, 0) is 4.79 Å². The topological polar surface area (TPSA) is 72.3 Å². The fourth-order valence-corrected chi connectivity index (χ4v) is 3.35. The molecule has 4 N–H and O–H groups in total. The molecular weight excluding hydrogens is 226 g/mol. The molecule has 0 saturated heterocycles. The Labute approximate surface area is 110 Å². The third-order valence-corrected chi connectivity index (χ3v) is 4.67. The summed E-state index contributed by atoms with van der Waals surface area (Å²) in [5, 5.41) is 0. The predicted octanol–water partition coefficient (Wildman–Crippen LogP) is 1.23. The Bertz CT molecular complexity index is 303. The molecule has 2 atom stereocenters. The van der Waals surface area contributed by atoms with Gasteiger partial charge in [0.25, 0.3) is 0 Å². The molecule has 0 radical (unpaired) electrons. The molecule has 0 bridgehead atoms. The van der Waals surface area contributed by atoms with Crippen LogP contribution < -0.4 is 11.5 Å². The van der Waals surface area contributed by atoms with Gasteiger partial charge in [-0.25, -0.2) is 0 Å². The van der Waals surface area contributed by atoms with E-state index >= 15 is 0 Å². The summed E-state index contributed by atoms with van der Waals surface area (Å²) in [7, 11) is 0. The lowest BCUT2D eigenvalue weighted by atomic mass is 9.85. The summed E-state index contributed by atoms with van der Waals surface area (Å²) >= 11 is 0. The van der Waals surface area contributed by atoms with E-state index in [-0.39, 0.29) is 11.8 Å². The zero-order valence-corrected chi connectivity index (χ0v) is 11.5. The Hall–Kier alpha value is -0.610. The van der Waals surface area contributed by atoms with Gasteiger partial charge in [-0.15, -0.1) is 0 Å². The van der Waals surface area contributed by atoms with Gasteiger partial charge in [0.2, 0.25) is 5.91 Å². The van der Waals surface area contributed by atoms with Crippen molar-refractivity contribution in [2.24, 2.45) is 17.4 Å². The number of carbonyl (C=O) groups is 1. The average molecular weight is 253 g/mol. The quantitative estimate of drug-likeness (QED) is 0.717. The van der Waals surface area contributed by atoms with Crippen molar-refractivity contribution in [3.8, 4) is 0 Å². The minimum atomic E-state index is -0.735. The van der Waals surface area contributed by atoms with Gasteiger partial charge in [0.1, 0.15) is 0 Å². The Morgan fingerprint density at radius 3 is 2.61 bits per heavy atom. The summed E-state index contributed by atoms with van der Waals surface area (Å²) in [5.41, 5.74) is 11.0. The molecule has 2 saturated carbocycles. The van der Waals surface area contributed by atoms with E-state index in [1.807, 2.05) is 0 Å². The van der Waals surface area contributed by atoms with Crippen LogP contribution in [0.2, 0.25) is 0 Å². The van der Waals surface area contributed by atoms with Gasteiger partial charge in [0.05, 0.1) is 5.54 Å². The van der Waals surface area contributed by atoms with E-state index in [9.17, 15) is 4.79 Å². The monoisotopic (exact) mass is 253 g/mol. The Morgan fingerprint density at radius 2 is 2.06 bits per heavy atom. The van der Waals surface area contributed by atoms with E-state index in [1.54, 1.807) is 0 Å². The molecule has 2 aliphatic carbocycles. The van der Waals surface area contributed by atoms with Gasteiger partial charge in [0, 0.05) is 6.04 Å². The van der Waals surface area contributed by atoms with Crippen LogP contribution in [0.3, 0.4) is 0 Å². The second-order valence-electron chi connectivity index (χ2n) is 6.05. The molecule has 4 nitrogen and oxygen atoms in total. The van der Waals surface area contributed by atoms with Crippen LogP contribution in [0.5, 0.6) is 0 Å². The van der Waals surface area contributed by atoms with Crippen LogP contribution in [0.15, 0.2) is 0 Å². The highest BCUT2D eigenvalue weighted by Crippen LogP contribution is 2.37. The van der Waals surface area contributed by atoms with E-state index < -0.39 is 5.54 Å². The lowest BCUT2D eigenvalue weighted by Crippen LogP contribution is -2.55.